The lowest BCUT2D eigenvalue weighted by molar-refractivity contribution is 0.0853. The summed E-state index contributed by atoms with van der Waals surface area (Å²) in [6.07, 6.45) is 1.46. The monoisotopic (exact) mass is 368 g/mol. The average molecular weight is 368 g/mol. The Morgan fingerprint density at radius 1 is 1.19 bits per heavy atom. The fraction of sp³-hybridized carbons (Fsp3) is 0.381. The van der Waals surface area contributed by atoms with E-state index in [0.717, 1.165) is 23.5 Å². The summed E-state index contributed by atoms with van der Waals surface area (Å²) in [7, 11) is 0. The van der Waals surface area contributed by atoms with Gasteiger partial charge < -0.3 is 20.1 Å². The molecule has 4 atom stereocenters. The second kappa shape index (κ2) is 6.44. The molecule has 1 fully saturated rings. The van der Waals surface area contributed by atoms with Gasteiger partial charge >= 0.3 is 6.03 Å². The van der Waals surface area contributed by atoms with E-state index in [-0.39, 0.29) is 24.0 Å². The van der Waals surface area contributed by atoms with E-state index in [1.807, 2.05) is 30.3 Å². The summed E-state index contributed by atoms with van der Waals surface area (Å²) in [6.45, 7) is 1.01. The number of carbonyl (C=O) groups excluding carboxylic acids is 1. The Balaban J connectivity index is 1.07. The van der Waals surface area contributed by atoms with Crippen LogP contribution in [0.5, 0.6) is 11.5 Å². The average Bonchev–Trinajstić information content (AvgIpc) is 3.18. The highest BCUT2D eigenvalue weighted by molar-refractivity contribution is 5.75. The summed E-state index contributed by atoms with van der Waals surface area (Å²) in [6, 6.07) is 12.6. The van der Waals surface area contributed by atoms with E-state index in [1.54, 1.807) is 6.07 Å². The molecule has 6 heteroatoms. The molecular formula is C21H21FN2O3. The third-order valence-electron chi connectivity index (χ3n) is 5.71. The van der Waals surface area contributed by atoms with E-state index in [4.69, 9.17) is 9.47 Å². The highest BCUT2D eigenvalue weighted by Crippen LogP contribution is 2.56. The smallest absolute Gasteiger partial charge is 0.315 e. The van der Waals surface area contributed by atoms with Gasteiger partial charge in [0, 0.05) is 24.9 Å². The molecule has 1 aliphatic heterocycles. The minimum atomic E-state index is -0.186. The minimum absolute atomic E-state index is 0.0673. The van der Waals surface area contributed by atoms with Crippen LogP contribution in [-0.2, 0) is 6.42 Å². The molecule has 140 valence electrons. The number of halogens is 1. The first kappa shape index (κ1) is 16.4. The Hall–Kier alpha value is -2.76. The molecule has 2 N–H and O–H groups in total. The number of hydrogen-bond donors (Lipinski definition) is 2. The zero-order chi connectivity index (χ0) is 18.4. The number of urea groups is 1. The largest absolute Gasteiger partial charge is 0.486 e. The predicted octanol–water partition coefficient (Wildman–Crippen LogP) is 2.99. The van der Waals surface area contributed by atoms with Crippen LogP contribution in [0.3, 0.4) is 0 Å². The van der Waals surface area contributed by atoms with Gasteiger partial charge in [-0.05, 0) is 47.7 Å². The number of nitrogens with one attached hydrogen (secondary N) is 2. The molecule has 4 unspecified atom stereocenters. The summed E-state index contributed by atoms with van der Waals surface area (Å²) >= 11 is 0. The van der Waals surface area contributed by atoms with Gasteiger partial charge in [0.15, 0.2) is 11.5 Å². The standard InChI is InChI=1S/C21H21FN2O3/c22-13-5-6-15-12(9-13)10-16-19(15)20(16)24-21(25)23-8-7-14-11-26-17-3-1-2-4-18(17)27-14/h1-6,9,14,16,19-20H,7-8,10-11H2,(H2,23,24,25). The molecule has 3 aliphatic rings. The van der Waals surface area contributed by atoms with Gasteiger partial charge in [-0.25, -0.2) is 9.18 Å². The minimum Gasteiger partial charge on any atom is -0.486 e. The van der Waals surface area contributed by atoms with Crippen molar-refractivity contribution < 1.29 is 18.7 Å². The zero-order valence-corrected chi connectivity index (χ0v) is 14.8. The van der Waals surface area contributed by atoms with Crippen molar-refractivity contribution in [1.29, 1.82) is 0 Å². The molecule has 0 saturated heterocycles. The summed E-state index contributed by atoms with van der Waals surface area (Å²) < 4.78 is 24.9. The van der Waals surface area contributed by atoms with Crippen molar-refractivity contribution >= 4 is 6.03 Å². The van der Waals surface area contributed by atoms with E-state index in [0.29, 0.717) is 31.4 Å². The number of fused-ring (bicyclic) bond motifs is 4. The molecule has 0 aromatic heterocycles. The van der Waals surface area contributed by atoms with Crippen LogP contribution in [0.25, 0.3) is 0 Å². The number of hydrogen-bond acceptors (Lipinski definition) is 3. The summed E-state index contributed by atoms with van der Waals surface area (Å²) in [5, 5.41) is 5.95. The van der Waals surface area contributed by atoms with Crippen LogP contribution in [0.4, 0.5) is 9.18 Å². The molecule has 5 nitrogen and oxygen atoms in total. The molecular weight excluding hydrogens is 347 g/mol. The predicted molar refractivity (Wildman–Crippen MR) is 97.6 cm³/mol. The Morgan fingerprint density at radius 3 is 2.93 bits per heavy atom. The summed E-state index contributed by atoms with van der Waals surface area (Å²) in [4.78, 5) is 12.2. The van der Waals surface area contributed by atoms with Crippen LogP contribution in [0, 0.1) is 11.7 Å². The molecule has 0 bridgehead atoms. The van der Waals surface area contributed by atoms with Gasteiger partial charge in [0.25, 0.3) is 0 Å². The van der Waals surface area contributed by atoms with Crippen molar-refractivity contribution in [3.05, 3.63) is 59.4 Å². The van der Waals surface area contributed by atoms with Crippen molar-refractivity contribution in [2.75, 3.05) is 13.2 Å². The molecule has 0 radical (unpaired) electrons. The topological polar surface area (TPSA) is 59.6 Å². The van der Waals surface area contributed by atoms with Crippen LogP contribution in [0.2, 0.25) is 0 Å². The van der Waals surface area contributed by atoms with Gasteiger partial charge in [0.1, 0.15) is 18.5 Å². The van der Waals surface area contributed by atoms with Crippen molar-refractivity contribution in [3.63, 3.8) is 0 Å². The lowest BCUT2D eigenvalue weighted by atomic mass is 10.0. The molecule has 1 saturated carbocycles. The van der Waals surface area contributed by atoms with Gasteiger partial charge in [0.2, 0.25) is 0 Å². The molecule has 2 aromatic rings. The normalized spacial score (nSPS) is 26.7. The summed E-state index contributed by atoms with van der Waals surface area (Å²) in [5.41, 5.74) is 2.26. The molecule has 2 aromatic carbocycles. The van der Waals surface area contributed by atoms with Crippen LogP contribution in [0.15, 0.2) is 42.5 Å². The van der Waals surface area contributed by atoms with E-state index in [2.05, 4.69) is 10.6 Å². The fourth-order valence-corrected chi connectivity index (χ4v) is 4.33. The Morgan fingerprint density at radius 2 is 2.04 bits per heavy atom. The maximum atomic E-state index is 13.3. The molecule has 5 rings (SSSR count). The van der Waals surface area contributed by atoms with Crippen LogP contribution >= 0.6 is 0 Å². The van der Waals surface area contributed by atoms with Crippen LogP contribution in [0.1, 0.15) is 23.5 Å². The quantitative estimate of drug-likeness (QED) is 0.872. The summed E-state index contributed by atoms with van der Waals surface area (Å²) in [5.74, 6) is 2.06. The van der Waals surface area contributed by atoms with Crippen molar-refractivity contribution in [1.82, 2.24) is 10.6 Å². The second-order valence-corrected chi connectivity index (χ2v) is 7.45. The zero-order valence-electron chi connectivity index (χ0n) is 14.8. The van der Waals surface area contributed by atoms with Gasteiger partial charge in [-0.3, -0.25) is 0 Å². The molecule has 2 aliphatic carbocycles. The number of amides is 2. The van der Waals surface area contributed by atoms with Gasteiger partial charge in [-0.1, -0.05) is 18.2 Å². The first-order valence-corrected chi connectivity index (χ1v) is 9.40. The Labute approximate surface area is 156 Å². The molecule has 27 heavy (non-hydrogen) atoms. The molecule has 0 spiro atoms. The number of carbonyl (C=O) groups is 1. The van der Waals surface area contributed by atoms with Crippen LogP contribution in [-0.4, -0.2) is 31.3 Å². The van der Waals surface area contributed by atoms with E-state index < -0.39 is 0 Å². The fourth-order valence-electron chi connectivity index (χ4n) is 4.33. The third-order valence-corrected chi connectivity index (χ3v) is 5.71. The Kier molecular flexibility index (Phi) is 3.92. The molecule has 1 heterocycles. The number of benzene rings is 2. The maximum absolute atomic E-state index is 13.3. The highest BCUT2D eigenvalue weighted by Gasteiger charge is 2.56. The number of ether oxygens (including phenoxy) is 2. The molecule has 2 amide bonds. The SMILES string of the molecule is O=C(NCCC1COc2ccccc2O1)NC1C2Cc3cc(F)ccc3C21. The lowest BCUT2D eigenvalue weighted by Gasteiger charge is -2.26. The van der Waals surface area contributed by atoms with E-state index in [1.165, 1.54) is 11.6 Å². The highest BCUT2D eigenvalue weighted by atomic mass is 19.1. The lowest BCUT2D eigenvalue weighted by Crippen LogP contribution is -2.41. The van der Waals surface area contributed by atoms with E-state index >= 15 is 0 Å². The van der Waals surface area contributed by atoms with Gasteiger partial charge in [-0.2, -0.15) is 0 Å². The van der Waals surface area contributed by atoms with Crippen molar-refractivity contribution in [2.45, 2.75) is 30.9 Å². The number of para-hydroxylation sites is 2. The first-order valence-electron chi connectivity index (χ1n) is 9.40. The van der Waals surface area contributed by atoms with E-state index in [9.17, 15) is 9.18 Å². The Bertz CT molecular complexity index is 887. The van der Waals surface area contributed by atoms with Gasteiger partial charge in [-0.15, -0.1) is 0 Å². The first-order chi connectivity index (χ1) is 13.2. The van der Waals surface area contributed by atoms with Gasteiger partial charge in [0.05, 0.1) is 0 Å². The maximum Gasteiger partial charge on any atom is 0.315 e. The number of rotatable bonds is 4. The van der Waals surface area contributed by atoms with Crippen molar-refractivity contribution in [2.24, 2.45) is 5.92 Å². The second-order valence-electron chi connectivity index (χ2n) is 7.45. The van der Waals surface area contributed by atoms with Crippen molar-refractivity contribution in [3.8, 4) is 11.5 Å². The third kappa shape index (κ3) is 3.09. The van der Waals surface area contributed by atoms with Crippen LogP contribution < -0.4 is 20.1 Å².